The molecule has 0 saturated heterocycles. The van der Waals surface area contributed by atoms with E-state index in [1.54, 1.807) is 0 Å². The van der Waals surface area contributed by atoms with Gasteiger partial charge >= 0.3 is 0 Å². The molecule has 0 fully saturated rings. The molecule has 22 heavy (non-hydrogen) atoms. The Balaban J connectivity index is 1.82. The summed E-state index contributed by atoms with van der Waals surface area (Å²) in [6.45, 7) is 0. The highest BCUT2D eigenvalue weighted by atomic mass is 35.5. The van der Waals surface area contributed by atoms with Crippen LogP contribution in [0.2, 0.25) is 5.02 Å². The van der Waals surface area contributed by atoms with Crippen LogP contribution in [0.3, 0.4) is 0 Å². The summed E-state index contributed by atoms with van der Waals surface area (Å²) in [6.07, 6.45) is 2.10. The molecular formula is C20H14ClN. The number of aromatic nitrogens is 1. The van der Waals surface area contributed by atoms with Crippen LogP contribution in [0.4, 0.5) is 0 Å². The molecule has 0 spiro atoms. The third-order valence-electron chi connectivity index (χ3n) is 3.90. The fourth-order valence-electron chi connectivity index (χ4n) is 2.78. The molecule has 0 N–H and O–H groups in total. The fraction of sp³-hybridized carbons (Fsp3) is 0. The zero-order valence-electron chi connectivity index (χ0n) is 11.9. The molecule has 0 amide bonds. The van der Waals surface area contributed by atoms with Crippen molar-refractivity contribution >= 4 is 22.5 Å². The summed E-state index contributed by atoms with van der Waals surface area (Å²) in [7, 11) is 0. The van der Waals surface area contributed by atoms with Gasteiger partial charge in [-0.15, -0.1) is 0 Å². The van der Waals surface area contributed by atoms with E-state index in [1.807, 2.05) is 30.3 Å². The average molecular weight is 304 g/mol. The molecule has 3 aromatic carbocycles. The molecule has 1 nitrogen and oxygen atoms in total. The Morgan fingerprint density at radius 1 is 0.682 bits per heavy atom. The molecule has 0 unspecified atom stereocenters. The molecule has 0 radical (unpaired) electrons. The van der Waals surface area contributed by atoms with Crippen LogP contribution >= 0.6 is 11.6 Å². The lowest BCUT2D eigenvalue weighted by molar-refractivity contribution is 1.13. The Morgan fingerprint density at radius 3 is 2.23 bits per heavy atom. The maximum atomic E-state index is 5.97. The first-order valence-electron chi connectivity index (χ1n) is 7.24. The van der Waals surface area contributed by atoms with Crippen molar-refractivity contribution in [3.63, 3.8) is 0 Å². The Kier molecular flexibility index (Phi) is 3.21. The van der Waals surface area contributed by atoms with Crippen molar-refractivity contribution in [2.75, 3.05) is 0 Å². The van der Waals surface area contributed by atoms with Gasteiger partial charge in [0.05, 0.1) is 5.52 Å². The van der Waals surface area contributed by atoms with Crippen molar-refractivity contribution in [3.05, 3.63) is 90.1 Å². The van der Waals surface area contributed by atoms with Gasteiger partial charge in [-0.25, -0.2) is 0 Å². The van der Waals surface area contributed by atoms with Crippen LogP contribution in [-0.2, 0) is 0 Å². The number of rotatable bonds is 2. The second kappa shape index (κ2) is 5.36. The maximum Gasteiger partial charge on any atom is 0.0528 e. The first kappa shape index (κ1) is 13.2. The van der Waals surface area contributed by atoms with Gasteiger partial charge in [-0.05, 0) is 53.6 Å². The number of benzene rings is 3. The molecule has 1 aromatic heterocycles. The highest BCUT2D eigenvalue weighted by molar-refractivity contribution is 6.30. The summed E-state index contributed by atoms with van der Waals surface area (Å²) in [5, 5.41) is 1.99. The van der Waals surface area contributed by atoms with Crippen LogP contribution in [0.1, 0.15) is 0 Å². The largest absolute Gasteiger partial charge is 0.317 e. The smallest absolute Gasteiger partial charge is 0.0528 e. The van der Waals surface area contributed by atoms with E-state index < -0.39 is 0 Å². The van der Waals surface area contributed by atoms with E-state index in [4.69, 9.17) is 11.6 Å². The summed E-state index contributed by atoms with van der Waals surface area (Å²) in [5.41, 5.74) is 4.79. The maximum absolute atomic E-state index is 5.97. The predicted octanol–water partition coefficient (Wildman–Crippen LogP) is 5.95. The molecule has 2 heteroatoms. The van der Waals surface area contributed by atoms with E-state index >= 15 is 0 Å². The van der Waals surface area contributed by atoms with Crippen LogP contribution in [-0.4, -0.2) is 4.57 Å². The summed E-state index contributed by atoms with van der Waals surface area (Å²) < 4.78 is 2.18. The van der Waals surface area contributed by atoms with Crippen molar-refractivity contribution in [1.82, 2.24) is 4.57 Å². The molecule has 0 aliphatic heterocycles. The number of fused-ring (bicyclic) bond motifs is 1. The molecule has 4 rings (SSSR count). The lowest BCUT2D eigenvalue weighted by Crippen LogP contribution is -1.91. The summed E-state index contributed by atoms with van der Waals surface area (Å²) in [5.74, 6) is 0. The van der Waals surface area contributed by atoms with Gasteiger partial charge in [0, 0.05) is 22.3 Å². The predicted molar refractivity (Wildman–Crippen MR) is 93.7 cm³/mol. The standard InChI is InChI=1S/C20H14ClN/c21-18-7-9-19(10-8-18)22-13-12-17-14-16(6-11-20(17)22)15-4-2-1-3-5-15/h1-14H. The highest BCUT2D eigenvalue weighted by Gasteiger charge is 2.05. The van der Waals surface area contributed by atoms with Crippen molar-refractivity contribution in [3.8, 4) is 16.8 Å². The third kappa shape index (κ3) is 2.30. The number of hydrogen-bond acceptors (Lipinski definition) is 0. The van der Waals surface area contributed by atoms with Crippen molar-refractivity contribution in [2.24, 2.45) is 0 Å². The van der Waals surface area contributed by atoms with E-state index in [2.05, 4.69) is 59.3 Å². The highest BCUT2D eigenvalue weighted by Crippen LogP contribution is 2.27. The lowest BCUT2D eigenvalue weighted by Gasteiger charge is -2.07. The quantitative estimate of drug-likeness (QED) is 0.431. The second-order valence-electron chi connectivity index (χ2n) is 5.30. The van der Waals surface area contributed by atoms with Crippen molar-refractivity contribution < 1.29 is 0 Å². The van der Waals surface area contributed by atoms with Gasteiger partial charge in [0.25, 0.3) is 0 Å². The van der Waals surface area contributed by atoms with Gasteiger partial charge in [-0.2, -0.15) is 0 Å². The van der Waals surface area contributed by atoms with Gasteiger partial charge in [-0.3, -0.25) is 0 Å². The van der Waals surface area contributed by atoms with Crippen LogP contribution in [0.25, 0.3) is 27.7 Å². The number of halogens is 1. The lowest BCUT2D eigenvalue weighted by atomic mass is 10.0. The van der Waals surface area contributed by atoms with E-state index in [-0.39, 0.29) is 0 Å². The van der Waals surface area contributed by atoms with Crippen LogP contribution < -0.4 is 0 Å². The van der Waals surface area contributed by atoms with E-state index in [1.165, 1.54) is 22.0 Å². The minimum atomic E-state index is 0.756. The Bertz CT molecular complexity index is 921. The van der Waals surface area contributed by atoms with E-state index in [9.17, 15) is 0 Å². The average Bonchev–Trinajstić information content (AvgIpc) is 2.99. The minimum Gasteiger partial charge on any atom is -0.317 e. The van der Waals surface area contributed by atoms with Gasteiger partial charge in [0.15, 0.2) is 0 Å². The van der Waals surface area contributed by atoms with Gasteiger partial charge in [0.1, 0.15) is 0 Å². The summed E-state index contributed by atoms with van der Waals surface area (Å²) in [4.78, 5) is 0. The third-order valence-corrected chi connectivity index (χ3v) is 4.15. The van der Waals surface area contributed by atoms with Crippen molar-refractivity contribution in [2.45, 2.75) is 0 Å². The van der Waals surface area contributed by atoms with Crippen molar-refractivity contribution in [1.29, 1.82) is 0 Å². The molecular weight excluding hydrogens is 290 g/mol. The molecule has 0 saturated carbocycles. The normalized spacial score (nSPS) is 11.0. The number of nitrogens with zero attached hydrogens (tertiary/aromatic N) is 1. The summed E-state index contributed by atoms with van der Waals surface area (Å²) in [6, 6.07) is 27.1. The zero-order chi connectivity index (χ0) is 14.9. The van der Waals surface area contributed by atoms with Crippen LogP contribution in [0.15, 0.2) is 85.1 Å². The molecule has 0 aliphatic rings. The van der Waals surface area contributed by atoms with Gasteiger partial charge < -0.3 is 4.57 Å². The SMILES string of the molecule is Clc1ccc(-n2ccc3cc(-c4ccccc4)ccc32)cc1. The second-order valence-corrected chi connectivity index (χ2v) is 5.74. The monoisotopic (exact) mass is 303 g/mol. The molecule has 1 heterocycles. The van der Waals surface area contributed by atoms with Gasteiger partial charge in [0.2, 0.25) is 0 Å². The molecule has 0 atom stereocenters. The number of hydrogen-bond donors (Lipinski definition) is 0. The molecule has 0 bridgehead atoms. The Hall–Kier alpha value is -2.51. The molecule has 106 valence electrons. The fourth-order valence-corrected chi connectivity index (χ4v) is 2.91. The van der Waals surface area contributed by atoms with E-state index in [0.29, 0.717) is 0 Å². The first-order chi connectivity index (χ1) is 10.8. The Labute approximate surface area is 134 Å². The minimum absolute atomic E-state index is 0.756. The molecule has 0 aliphatic carbocycles. The van der Waals surface area contributed by atoms with Crippen LogP contribution in [0.5, 0.6) is 0 Å². The topological polar surface area (TPSA) is 4.93 Å². The molecule has 4 aromatic rings. The zero-order valence-corrected chi connectivity index (χ0v) is 12.7. The van der Waals surface area contributed by atoms with Gasteiger partial charge in [-0.1, -0.05) is 48.0 Å². The summed E-state index contributed by atoms with van der Waals surface area (Å²) >= 11 is 5.97. The Morgan fingerprint density at radius 2 is 1.45 bits per heavy atom. The first-order valence-corrected chi connectivity index (χ1v) is 7.61. The van der Waals surface area contributed by atoms with E-state index in [0.717, 1.165) is 10.7 Å². The van der Waals surface area contributed by atoms with Crippen LogP contribution in [0, 0.1) is 0 Å².